The molecule has 1 aromatic heterocycles. The Kier molecular flexibility index (Phi) is 3.87. The molecule has 0 aliphatic rings. The van der Waals surface area contributed by atoms with Gasteiger partial charge in [0.2, 0.25) is 0 Å². The molecule has 1 N–H and O–H groups in total. The molecule has 1 aromatic rings. The number of carboxylic acid groups (broad SMARTS) is 1. The van der Waals surface area contributed by atoms with Gasteiger partial charge >= 0.3 is 5.97 Å². The van der Waals surface area contributed by atoms with E-state index in [1.807, 2.05) is 0 Å². The Bertz CT molecular complexity index is 493. The van der Waals surface area contributed by atoms with Crippen molar-refractivity contribution in [2.45, 2.75) is 25.0 Å². The van der Waals surface area contributed by atoms with Gasteiger partial charge in [-0.2, -0.15) is 0 Å². The molecule has 0 fully saturated rings. The fraction of sp³-hybridized carbons (Fsp3) is 0.455. The van der Waals surface area contributed by atoms with E-state index in [1.54, 1.807) is 24.5 Å². The van der Waals surface area contributed by atoms with E-state index in [-0.39, 0.29) is 12.2 Å². The average Bonchev–Trinajstić information content (AvgIpc) is 2.27. The Hall–Kier alpha value is -1.43. The summed E-state index contributed by atoms with van der Waals surface area (Å²) in [5.41, 5.74) is 0.775. The van der Waals surface area contributed by atoms with E-state index in [0.29, 0.717) is 0 Å². The van der Waals surface area contributed by atoms with E-state index in [2.05, 4.69) is 4.98 Å². The highest BCUT2D eigenvalue weighted by molar-refractivity contribution is 7.93. The topological polar surface area (TPSA) is 84.3 Å². The zero-order valence-electron chi connectivity index (χ0n) is 9.75. The number of aliphatic carboxylic acids is 1. The number of aryl methyl sites for hydroxylation is 1. The summed E-state index contributed by atoms with van der Waals surface area (Å²) >= 11 is 0. The summed E-state index contributed by atoms with van der Waals surface area (Å²) in [5, 5.41) is 8.88. The SMILES string of the molecule is CC(C)(C(=O)O)S(=O)(=O)CCc1cccnc1. The number of carbonyl (C=O) groups is 1. The van der Waals surface area contributed by atoms with Crippen LogP contribution in [0.1, 0.15) is 19.4 Å². The lowest BCUT2D eigenvalue weighted by Crippen LogP contribution is -2.42. The first-order valence-corrected chi connectivity index (χ1v) is 6.77. The van der Waals surface area contributed by atoms with Crippen molar-refractivity contribution in [1.82, 2.24) is 4.98 Å². The fourth-order valence-corrected chi connectivity index (χ4v) is 2.47. The summed E-state index contributed by atoms with van der Waals surface area (Å²) in [4.78, 5) is 14.8. The van der Waals surface area contributed by atoms with Crippen LogP contribution < -0.4 is 0 Å². The highest BCUT2D eigenvalue weighted by atomic mass is 32.2. The van der Waals surface area contributed by atoms with Crippen LogP contribution in [0.4, 0.5) is 0 Å². The first-order valence-electron chi connectivity index (χ1n) is 5.12. The predicted octanol–water partition coefficient (Wildman–Crippen LogP) is 0.902. The smallest absolute Gasteiger partial charge is 0.324 e. The molecule has 0 aromatic carbocycles. The molecule has 0 unspecified atom stereocenters. The standard InChI is InChI=1S/C11H15NO4S/c1-11(2,10(13)14)17(15,16)7-5-9-4-3-6-12-8-9/h3-4,6,8H,5,7H2,1-2H3,(H,13,14). The predicted molar refractivity (Wildman–Crippen MR) is 63.4 cm³/mol. The maximum atomic E-state index is 11.9. The second-order valence-electron chi connectivity index (χ2n) is 4.25. The molecule has 17 heavy (non-hydrogen) atoms. The molecule has 1 rings (SSSR count). The van der Waals surface area contributed by atoms with Gasteiger partial charge in [0.05, 0.1) is 5.75 Å². The van der Waals surface area contributed by atoms with Crippen molar-refractivity contribution in [3.05, 3.63) is 30.1 Å². The molecular formula is C11H15NO4S. The van der Waals surface area contributed by atoms with Gasteiger partial charge in [0.25, 0.3) is 0 Å². The number of nitrogens with zero attached hydrogens (tertiary/aromatic N) is 1. The largest absolute Gasteiger partial charge is 0.480 e. The Balaban J connectivity index is 2.79. The third-order valence-electron chi connectivity index (χ3n) is 2.67. The number of carboxylic acids is 1. The van der Waals surface area contributed by atoms with Crippen molar-refractivity contribution in [1.29, 1.82) is 0 Å². The lowest BCUT2D eigenvalue weighted by molar-refractivity contribution is -0.139. The number of sulfone groups is 1. The summed E-state index contributed by atoms with van der Waals surface area (Å²) in [5.74, 6) is -1.53. The van der Waals surface area contributed by atoms with Crippen LogP contribution in [0, 0.1) is 0 Å². The molecule has 1 heterocycles. The molecule has 0 radical (unpaired) electrons. The van der Waals surface area contributed by atoms with Crippen molar-refractivity contribution >= 4 is 15.8 Å². The minimum Gasteiger partial charge on any atom is -0.480 e. The van der Waals surface area contributed by atoms with Gasteiger partial charge < -0.3 is 5.11 Å². The highest BCUT2D eigenvalue weighted by Gasteiger charge is 2.41. The maximum Gasteiger partial charge on any atom is 0.324 e. The molecule has 0 spiro atoms. The zero-order chi connectivity index (χ0) is 13.1. The second kappa shape index (κ2) is 4.83. The van der Waals surface area contributed by atoms with Crippen molar-refractivity contribution < 1.29 is 18.3 Å². The molecule has 0 aliphatic carbocycles. The van der Waals surface area contributed by atoms with Crippen LogP contribution in [-0.4, -0.2) is 35.0 Å². The maximum absolute atomic E-state index is 11.9. The van der Waals surface area contributed by atoms with Gasteiger partial charge in [-0.3, -0.25) is 9.78 Å². The van der Waals surface area contributed by atoms with Crippen molar-refractivity contribution in [2.75, 3.05) is 5.75 Å². The minimum atomic E-state index is -3.68. The summed E-state index contributed by atoms with van der Waals surface area (Å²) in [7, 11) is -3.68. The van der Waals surface area contributed by atoms with Crippen LogP contribution in [-0.2, 0) is 21.1 Å². The van der Waals surface area contributed by atoms with Crippen molar-refractivity contribution in [3.63, 3.8) is 0 Å². The Morgan fingerprint density at radius 3 is 2.59 bits per heavy atom. The first kappa shape index (κ1) is 13.6. The summed E-state index contributed by atoms with van der Waals surface area (Å²) in [6, 6.07) is 3.47. The van der Waals surface area contributed by atoms with Crippen molar-refractivity contribution in [2.24, 2.45) is 0 Å². The van der Waals surface area contributed by atoms with Gasteiger partial charge in [-0.1, -0.05) is 6.07 Å². The van der Waals surface area contributed by atoms with E-state index in [4.69, 9.17) is 5.11 Å². The van der Waals surface area contributed by atoms with Gasteiger partial charge in [-0.25, -0.2) is 8.42 Å². The molecule has 0 atom stereocenters. The van der Waals surface area contributed by atoms with E-state index in [0.717, 1.165) is 5.56 Å². The molecule has 6 heteroatoms. The first-order chi connectivity index (χ1) is 7.77. The van der Waals surface area contributed by atoms with Gasteiger partial charge in [-0.05, 0) is 31.9 Å². The number of hydrogen-bond donors (Lipinski definition) is 1. The molecule has 0 amide bonds. The minimum absolute atomic E-state index is 0.196. The molecule has 5 nitrogen and oxygen atoms in total. The molecular weight excluding hydrogens is 242 g/mol. The van der Waals surface area contributed by atoms with Crippen molar-refractivity contribution in [3.8, 4) is 0 Å². The van der Waals surface area contributed by atoms with E-state index in [9.17, 15) is 13.2 Å². The summed E-state index contributed by atoms with van der Waals surface area (Å²) in [6.07, 6.45) is 3.44. The Labute approximate surface area is 100 Å². The highest BCUT2D eigenvalue weighted by Crippen LogP contribution is 2.18. The lowest BCUT2D eigenvalue weighted by Gasteiger charge is -2.19. The number of aromatic nitrogens is 1. The van der Waals surface area contributed by atoms with Gasteiger partial charge in [0.1, 0.15) is 0 Å². The van der Waals surface area contributed by atoms with Crippen LogP contribution in [0.5, 0.6) is 0 Å². The Morgan fingerprint density at radius 2 is 2.12 bits per heavy atom. The normalized spacial score (nSPS) is 12.4. The van der Waals surface area contributed by atoms with Gasteiger partial charge in [-0.15, -0.1) is 0 Å². The molecule has 0 aliphatic heterocycles. The molecule has 0 saturated heterocycles. The molecule has 94 valence electrons. The number of hydrogen-bond acceptors (Lipinski definition) is 4. The van der Waals surface area contributed by atoms with Crippen LogP contribution in [0.25, 0.3) is 0 Å². The zero-order valence-corrected chi connectivity index (χ0v) is 10.6. The van der Waals surface area contributed by atoms with Crippen LogP contribution in [0.3, 0.4) is 0 Å². The second-order valence-corrected chi connectivity index (χ2v) is 6.90. The monoisotopic (exact) mass is 257 g/mol. The lowest BCUT2D eigenvalue weighted by atomic mass is 10.2. The van der Waals surface area contributed by atoms with Gasteiger partial charge in [0.15, 0.2) is 14.6 Å². The fourth-order valence-electron chi connectivity index (χ4n) is 1.19. The number of pyridine rings is 1. The van der Waals surface area contributed by atoms with Crippen LogP contribution >= 0.6 is 0 Å². The van der Waals surface area contributed by atoms with E-state index < -0.39 is 20.6 Å². The van der Waals surface area contributed by atoms with E-state index >= 15 is 0 Å². The van der Waals surface area contributed by atoms with Gasteiger partial charge in [0, 0.05) is 12.4 Å². The van der Waals surface area contributed by atoms with E-state index in [1.165, 1.54) is 13.8 Å². The Morgan fingerprint density at radius 1 is 1.47 bits per heavy atom. The summed E-state index contributed by atoms with van der Waals surface area (Å²) < 4.78 is 22.0. The summed E-state index contributed by atoms with van der Waals surface area (Å²) in [6.45, 7) is 2.40. The van der Waals surface area contributed by atoms with Crippen LogP contribution in [0.2, 0.25) is 0 Å². The quantitative estimate of drug-likeness (QED) is 0.847. The molecule has 0 saturated carbocycles. The number of rotatable bonds is 5. The average molecular weight is 257 g/mol. The van der Waals surface area contributed by atoms with Crippen LogP contribution in [0.15, 0.2) is 24.5 Å². The third-order valence-corrected chi connectivity index (χ3v) is 5.15. The third kappa shape index (κ3) is 3.03. The molecule has 0 bridgehead atoms.